The van der Waals surface area contributed by atoms with E-state index in [2.05, 4.69) is 15.0 Å². The number of nitrogens with zero attached hydrogens (tertiary/aromatic N) is 3. The SMILES string of the molecule is C[SH](N)(=O)c1nc(N)c2[nH]c(=O)n(Cc3ccccc3)c2n1. The van der Waals surface area contributed by atoms with Crippen molar-refractivity contribution in [2.24, 2.45) is 5.14 Å². The minimum Gasteiger partial charge on any atom is -0.382 e. The highest BCUT2D eigenvalue weighted by atomic mass is 32.3. The van der Waals surface area contributed by atoms with E-state index in [1.807, 2.05) is 30.3 Å². The predicted molar refractivity (Wildman–Crippen MR) is 86.0 cm³/mol. The number of hydrogen-bond acceptors (Lipinski definition) is 5. The van der Waals surface area contributed by atoms with Crippen molar-refractivity contribution in [1.29, 1.82) is 0 Å². The number of nitrogen functional groups attached to an aromatic ring is 1. The number of aromatic amines is 1. The van der Waals surface area contributed by atoms with E-state index >= 15 is 0 Å². The summed E-state index contributed by atoms with van der Waals surface area (Å²) in [5.74, 6) is 0.0523. The molecule has 0 aliphatic rings. The largest absolute Gasteiger partial charge is 0.382 e. The van der Waals surface area contributed by atoms with Crippen molar-refractivity contribution in [1.82, 2.24) is 19.5 Å². The van der Waals surface area contributed by atoms with Crippen molar-refractivity contribution in [3.05, 3.63) is 46.4 Å². The van der Waals surface area contributed by atoms with Crippen LogP contribution in [0.3, 0.4) is 0 Å². The highest BCUT2D eigenvalue weighted by Gasteiger charge is 2.17. The Morgan fingerprint density at radius 3 is 2.59 bits per heavy atom. The lowest BCUT2D eigenvalue weighted by atomic mass is 10.2. The van der Waals surface area contributed by atoms with Crippen LogP contribution in [0.2, 0.25) is 0 Å². The Labute approximate surface area is 126 Å². The molecule has 1 aromatic carbocycles. The summed E-state index contributed by atoms with van der Waals surface area (Å²) in [4.78, 5) is 22.9. The molecule has 116 valence electrons. The van der Waals surface area contributed by atoms with Gasteiger partial charge in [-0.2, -0.15) is 0 Å². The molecule has 0 aliphatic carbocycles. The summed E-state index contributed by atoms with van der Waals surface area (Å²) in [5.41, 5.74) is 7.00. The van der Waals surface area contributed by atoms with Crippen LogP contribution in [0.25, 0.3) is 11.2 Å². The molecule has 0 aliphatic heterocycles. The summed E-state index contributed by atoms with van der Waals surface area (Å²) in [6.45, 7) is 0.314. The molecule has 2 aromatic heterocycles. The molecule has 0 atom stereocenters. The Bertz CT molecular complexity index is 940. The number of thiol groups is 1. The minimum absolute atomic E-state index is 0.0432. The number of fused-ring (bicyclic) bond motifs is 1. The van der Waals surface area contributed by atoms with E-state index in [4.69, 9.17) is 10.9 Å². The number of imidazole rings is 1. The van der Waals surface area contributed by atoms with Gasteiger partial charge in [-0.05, 0) is 15.7 Å². The summed E-state index contributed by atoms with van der Waals surface area (Å²) in [7, 11) is -3.17. The van der Waals surface area contributed by atoms with E-state index in [1.165, 1.54) is 10.8 Å². The fraction of sp³-hybridized carbons (Fsp3) is 0.154. The maximum atomic E-state index is 12.1. The Balaban J connectivity index is 2.22. The van der Waals surface area contributed by atoms with E-state index in [1.54, 1.807) is 0 Å². The van der Waals surface area contributed by atoms with E-state index < -0.39 is 10.1 Å². The zero-order valence-corrected chi connectivity index (χ0v) is 12.7. The lowest BCUT2D eigenvalue weighted by Gasteiger charge is -2.11. The highest BCUT2D eigenvalue weighted by molar-refractivity contribution is 8.00. The summed E-state index contributed by atoms with van der Waals surface area (Å²) >= 11 is 0. The van der Waals surface area contributed by atoms with Crippen molar-refractivity contribution in [2.75, 3.05) is 12.0 Å². The van der Waals surface area contributed by atoms with Crippen molar-refractivity contribution >= 4 is 27.1 Å². The Morgan fingerprint density at radius 2 is 1.95 bits per heavy atom. The number of benzene rings is 1. The van der Waals surface area contributed by atoms with Crippen molar-refractivity contribution in [3.63, 3.8) is 0 Å². The van der Waals surface area contributed by atoms with Gasteiger partial charge in [0.1, 0.15) is 5.52 Å². The molecule has 8 nitrogen and oxygen atoms in total. The minimum atomic E-state index is -3.17. The van der Waals surface area contributed by atoms with Crippen molar-refractivity contribution < 1.29 is 4.21 Å². The maximum Gasteiger partial charge on any atom is 0.328 e. The molecule has 0 saturated carbocycles. The quantitative estimate of drug-likeness (QED) is 0.386. The Morgan fingerprint density at radius 1 is 1.27 bits per heavy atom. The first-order valence-corrected chi connectivity index (χ1v) is 8.75. The van der Waals surface area contributed by atoms with Gasteiger partial charge in [-0.1, -0.05) is 30.3 Å². The number of hydrogen-bond donors (Lipinski definition) is 4. The number of nitrogens with two attached hydrogens (primary N) is 2. The number of H-pyrrole nitrogens is 1. The Kier molecular flexibility index (Phi) is 3.30. The summed E-state index contributed by atoms with van der Waals surface area (Å²) in [6.07, 6.45) is 1.35. The monoisotopic (exact) mass is 320 g/mol. The summed E-state index contributed by atoms with van der Waals surface area (Å²) in [6, 6.07) is 9.44. The third-order valence-electron chi connectivity index (χ3n) is 3.22. The molecule has 0 radical (unpaired) electrons. The van der Waals surface area contributed by atoms with Gasteiger partial charge in [0.15, 0.2) is 11.5 Å². The van der Waals surface area contributed by atoms with Gasteiger partial charge in [-0.25, -0.2) is 14.8 Å². The van der Waals surface area contributed by atoms with Crippen molar-refractivity contribution in [3.8, 4) is 0 Å². The van der Waals surface area contributed by atoms with Gasteiger partial charge in [0.25, 0.3) is 0 Å². The van der Waals surface area contributed by atoms with Gasteiger partial charge in [-0.3, -0.25) is 13.9 Å². The third kappa shape index (κ3) is 2.51. The predicted octanol–water partition coefficient (Wildman–Crippen LogP) is -0.371. The van der Waals surface area contributed by atoms with Crippen LogP contribution in [0.1, 0.15) is 5.56 Å². The van der Waals surface area contributed by atoms with E-state index in [9.17, 15) is 9.00 Å². The molecule has 0 bridgehead atoms. The van der Waals surface area contributed by atoms with Crippen LogP contribution in [-0.2, 0) is 16.7 Å². The van der Waals surface area contributed by atoms with Gasteiger partial charge < -0.3 is 10.7 Å². The second-order valence-corrected chi connectivity index (χ2v) is 7.48. The summed E-state index contributed by atoms with van der Waals surface area (Å²) in [5, 5.41) is 5.56. The highest BCUT2D eigenvalue weighted by Crippen LogP contribution is 2.18. The Hall–Kier alpha value is -2.52. The normalized spacial score (nSPS) is 12.6. The molecule has 22 heavy (non-hydrogen) atoms. The average Bonchev–Trinajstić information content (AvgIpc) is 2.77. The first kappa shape index (κ1) is 14.4. The van der Waals surface area contributed by atoms with Crippen LogP contribution in [-0.4, -0.2) is 30.0 Å². The molecule has 0 unspecified atom stereocenters. The molecular weight excluding hydrogens is 304 g/mol. The van der Waals surface area contributed by atoms with E-state index in [-0.39, 0.29) is 16.7 Å². The van der Waals surface area contributed by atoms with Gasteiger partial charge in [-0.15, -0.1) is 0 Å². The fourth-order valence-electron chi connectivity index (χ4n) is 2.15. The average molecular weight is 320 g/mol. The number of rotatable bonds is 3. The summed E-state index contributed by atoms with van der Waals surface area (Å²) < 4.78 is 13.4. The van der Waals surface area contributed by atoms with Crippen LogP contribution >= 0.6 is 0 Å². The topological polar surface area (TPSA) is 133 Å². The second kappa shape index (κ2) is 5.04. The zero-order chi connectivity index (χ0) is 15.9. The van der Waals surface area contributed by atoms with Gasteiger partial charge >= 0.3 is 5.69 Å². The fourth-order valence-corrected chi connectivity index (χ4v) is 2.75. The molecule has 0 spiro atoms. The molecule has 3 aromatic rings. The van der Waals surface area contributed by atoms with E-state index in [0.717, 1.165) is 5.56 Å². The van der Waals surface area contributed by atoms with Gasteiger partial charge in [0.05, 0.1) is 6.54 Å². The molecule has 2 heterocycles. The van der Waals surface area contributed by atoms with Gasteiger partial charge in [0.2, 0.25) is 5.16 Å². The molecule has 0 saturated heterocycles. The van der Waals surface area contributed by atoms with Crippen LogP contribution in [0.4, 0.5) is 5.82 Å². The molecule has 0 amide bonds. The lowest BCUT2D eigenvalue weighted by molar-refractivity contribution is 0.667. The molecule has 5 N–H and O–H groups in total. The number of aromatic nitrogens is 4. The lowest BCUT2D eigenvalue weighted by Crippen LogP contribution is -2.25. The van der Waals surface area contributed by atoms with Crippen molar-refractivity contribution in [2.45, 2.75) is 11.7 Å². The molecule has 3 rings (SSSR count). The smallest absolute Gasteiger partial charge is 0.328 e. The second-order valence-electron chi connectivity index (χ2n) is 5.10. The van der Waals surface area contributed by atoms with E-state index in [0.29, 0.717) is 17.7 Å². The standard InChI is InChI=1S/C13H16N6O2S/c1-22(15,21)12-17-10(14)9-11(18-12)19(13(20)16-9)7-8-5-3-2-4-6-8/h2-6,22H,7H2,1H3,(H2,15,21)(H,16,20)(H2,14,17,18). The first-order chi connectivity index (χ1) is 10.4. The number of nitrogens with one attached hydrogen (secondary N) is 1. The molecule has 9 heteroatoms. The third-order valence-corrected chi connectivity index (χ3v) is 4.21. The number of anilines is 1. The van der Waals surface area contributed by atoms with Crippen LogP contribution < -0.4 is 16.6 Å². The first-order valence-electron chi connectivity index (χ1n) is 6.53. The van der Waals surface area contributed by atoms with Crippen LogP contribution in [0.5, 0.6) is 0 Å². The van der Waals surface area contributed by atoms with Crippen LogP contribution in [0.15, 0.2) is 40.3 Å². The maximum absolute atomic E-state index is 12.1. The zero-order valence-electron chi connectivity index (χ0n) is 11.9. The molecular formula is C13H16N6O2S. The molecule has 0 fully saturated rings. The van der Waals surface area contributed by atoms with Crippen LogP contribution in [0, 0.1) is 0 Å². The van der Waals surface area contributed by atoms with Gasteiger partial charge in [0, 0.05) is 6.26 Å².